The molecular weight excluding hydrogens is 393 g/mol. The highest BCUT2D eigenvalue weighted by Crippen LogP contribution is 2.31. The number of anilines is 2. The van der Waals surface area contributed by atoms with Crippen LogP contribution in [-0.4, -0.2) is 36.9 Å². The van der Waals surface area contributed by atoms with Crippen LogP contribution in [0.2, 0.25) is 0 Å². The van der Waals surface area contributed by atoms with Crippen molar-refractivity contribution >= 4 is 29.2 Å². The molecule has 3 amide bonds. The molecule has 1 heterocycles. The second kappa shape index (κ2) is 8.57. The van der Waals surface area contributed by atoms with Gasteiger partial charge in [-0.1, -0.05) is 0 Å². The lowest BCUT2D eigenvalue weighted by molar-refractivity contribution is -0.117. The normalized spacial score (nSPS) is 12.5. The third-order valence-corrected chi connectivity index (χ3v) is 4.45. The molecule has 0 atom stereocenters. The number of nitrogens with one attached hydrogen (secondary N) is 3. The highest BCUT2D eigenvalue weighted by atomic mass is 19.1. The molecule has 0 unspecified atom stereocenters. The Kier molecular flexibility index (Phi) is 5.92. The largest absolute Gasteiger partial charge is 0.496 e. The van der Waals surface area contributed by atoms with Gasteiger partial charge in [0, 0.05) is 25.2 Å². The molecule has 0 aliphatic heterocycles. The Morgan fingerprint density at radius 3 is 2.53 bits per heavy atom. The number of rotatable bonds is 6. The Bertz CT molecular complexity index is 1080. The van der Waals surface area contributed by atoms with Crippen LogP contribution in [-0.2, 0) is 4.79 Å². The van der Waals surface area contributed by atoms with Crippen LogP contribution in [0.25, 0.3) is 0 Å². The van der Waals surface area contributed by atoms with Crippen LogP contribution in [0, 0.1) is 23.1 Å². The summed E-state index contributed by atoms with van der Waals surface area (Å²) in [5.41, 5.74) is -0.407. The molecule has 0 saturated heterocycles. The van der Waals surface area contributed by atoms with Crippen LogP contribution < -0.4 is 20.7 Å². The van der Waals surface area contributed by atoms with Crippen molar-refractivity contribution in [1.29, 1.82) is 5.26 Å². The zero-order valence-electron chi connectivity index (χ0n) is 16.2. The molecule has 1 aromatic heterocycles. The number of hydrogen-bond donors (Lipinski definition) is 3. The molecule has 1 aromatic carbocycles. The Balaban J connectivity index is 1.95. The molecule has 0 spiro atoms. The molecule has 10 heteroatoms. The highest BCUT2D eigenvalue weighted by molar-refractivity contribution is 6.10. The van der Waals surface area contributed by atoms with E-state index in [-0.39, 0.29) is 40.2 Å². The van der Waals surface area contributed by atoms with E-state index in [1.165, 1.54) is 32.5 Å². The van der Waals surface area contributed by atoms with E-state index in [2.05, 4.69) is 20.9 Å². The number of ether oxygens (including phenoxy) is 1. The number of carbonyl (C=O) groups is 3. The van der Waals surface area contributed by atoms with Crippen LogP contribution in [0.3, 0.4) is 0 Å². The molecule has 3 rings (SSSR count). The van der Waals surface area contributed by atoms with Gasteiger partial charge in [-0.25, -0.2) is 9.37 Å². The van der Waals surface area contributed by atoms with Gasteiger partial charge in [-0.3, -0.25) is 14.4 Å². The summed E-state index contributed by atoms with van der Waals surface area (Å²) in [5.74, 6) is -2.66. The minimum Gasteiger partial charge on any atom is -0.496 e. The summed E-state index contributed by atoms with van der Waals surface area (Å²) < 4.78 is 19.5. The first-order chi connectivity index (χ1) is 14.4. The Hall–Kier alpha value is -4.00. The third kappa shape index (κ3) is 4.35. The lowest BCUT2D eigenvalue weighted by Crippen LogP contribution is -2.23. The lowest BCUT2D eigenvalue weighted by Gasteiger charge is -2.14. The van der Waals surface area contributed by atoms with E-state index in [1.807, 2.05) is 0 Å². The monoisotopic (exact) mass is 411 g/mol. The van der Waals surface area contributed by atoms with E-state index >= 15 is 0 Å². The van der Waals surface area contributed by atoms with E-state index in [4.69, 9.17) is 10.00 Å². The number of amides is 3. The second-order valence-corrected chi connectivity index (χ2v) is 6.56. The first-order valence-corrected chi connectivity index (χ1v) is 9.00. The van der Waals surface area contributed by atoms with Crippen LogP contribution in [0.1, 0.15) is 39.1 Å². The van der Waals surface area contributed by atoms with Gasteiger partial charge >= 0.3 is 0 Å². The number of methoxy groups -OCH3 is 1. The number of aromatic nitrogens is 1. The summed E-state index contributed by atoms with van der Waals surface area (Å²) in [5, 5.41) is 16.5. The molecule has 30 heavy (non-hydrogen) atoms. The quantitative estimate of drug-likeness (QED) is 0.666. The van der Waals surface area contributed by atoms with Crippen molar-refractivity contribution < 1.29 is 23.5 Å². The van der Waals surface area contributed by atoms with Gasteiger partial charge in [-0.05, 0) is 25.0 Å². The predicted molar refractivity (Wildman–Crippen MR) is 105 cm³/mol. The summed E-state index contributed by atoms with van der Waals surface area (Å²) in [6.07, 6.45) is 2.79. The second-order valence-electron chi connectivity index (χ2n) is 6.56. The minimum atomic E-state index is -0.957. The summed E-state index contributed by atoms with van der Waals surface area (Å²) in [7, 11) is 2.64. The van der Waals surface area contributed by atoms with Gasteiger partial charge in [-0.15, -0.1) is 0 Å². The fourth-order valence-electron chi connectivity index (χ4n) is 2.73. The average Bonchev–Trinajstić information content (AvgIpc) is 3.58. The maximum absolute atomic E-state index is 14.5. The van der Waals surface area contributed by atoms with Crippen molar-refractivity contribution in [3.63, 3.8) is 0 Å². The zero-order valence-corrected chi connectivity index (χ0v) is 16.2. The maximum atomic E-state index is 14.5. The number of halogens is 1. The number of carbonyl (C=O) groups excluding carboxylic acids is 3. The van der Waals surface area contributed by atoms with Crippen molar-refractivity contribution in [3.8, 4) is 11.8 Å². The predicted octanol–water partition coefficient (Wildman–Crippen LogP) is 2.06. The number of hydrogen-bond acceptors (Lipinski definition) is 6. The molecule has 9 nitrogen and oxygen atoms in total. The average molecular weight is 411 g/mol. The number of nitriles is 1. The van der Waals surface area contributed by atoms with Crippen molar-refractivity contribution in [2.45, 2.75) is 12.8 Å². The SMILES string of the molecule is CNC(=O)c1cnc(NC(=O)C2CC2)cc1NC(=O)c1c(F)cc(C#N)cc1OC. The van der Waals surface area contributed by atoms with Gasteiger partial charge in [0.1, 0.15) is 22.9 Å². The van der Waals surface area contributed by atoms with E-state index in [0.717, 1.165) is 18.9 Å². The summed E-state index contributed by atoms with van der Waals surface area (Å²) >= 11 is 0. The number of nitrogens with zero attached hydrogens (tertiary/aromatic N) is 2. The van der Waals surface area contributed by atoms with Gasteiger partial charge in [0.05, 0.1) is 30.0 Å². The smallest absolute Gasteiger partial charge is 0.262 e. The van der Waals surface area contributed by atoms with Crippen LogP contribution in [0.5, 0.6) is 5.75 Å². The molecule has 2 aromatic rings. The fourth-order valence-corrected chi connectivity index (χ4v) is 2.73. The molecule has 0 radical (unpaired) electrons. The summed E-state index contributed by atoms with van der Waals surface area (Å²) in [4.78, 5) is 40.9. The molecule has 1 aliphatic carbocycles. The minimum absolute atomic E-state index is 0.0130. The number of pyridine rings is 1. The van der Waals surface area contributed by atoms with E-state index in [0.29, 0.717) is 0 Å². The molecular formula is C20H18FN5O4. The zero-order chi connectivity index (χ0) is 21.8. The van der Waals surface area contributed by atoms with Crippen molar-refractivity contribution in [2.24, 2.45) is 5.92 Å². The van der Waals surface area contributed by atoms with Crippen LogP contribution >= 0.6 is 0 Å². The van der Waals surface area contributed by atoms with Crippen molar-refractivity contribution in [1.82, 2.24) is 10.3 Å². The fraction of sp³-hybridized carbons (Fsp3) is 0.250. The summed E-state index contributed by atoms with van der Waals surface area (Å²) in [6.45, 7) is 0. The standard InChI is InChI=1S/C20H18FN5O4/c1-23-19(28)12-9-24-16(26-18(27)11-3-4-11)7-14(12)25-20(29)17-13(21)5-10(8-22)6-15(17)30-2/h5-7,9,11H,3-4H2,1-2H3,(H,23,28)(H2,24,25,26,27,29). The van der Waals surface area contributed by atoms with E-state index < -0.39 is 23.2 Å². The molecule has 1 fully saturated rings. The van der Waals surface area contributed by atoms with E-state index in [9.17, 15) is 18.8 Å². The van der Waals surface area contributed by atoms with Gasteiger partial charge in [0.2, 0.25) is 5.91 Å². The van der Waals surface area contributed by atoms with Gasteiger partial charge in [0.15, 0.2) is 0 Å². The first kappa shape index (κ1) is 20.7. The summed E-state index contributed by atoms with van der Waals surface area (Å²) in [6, 6.07) is 5.23. The Morgan fingerprint density at radius 2 is 1.93 bits per heavy atom. The number of benzene rings is 1. The lowest BCUT2D eigenvalue weighted by atomic mass is 10.1. The van der Waals surface area contributed by atoms with E-state index in [1.54, 1.807) is 6.07 Å². The van der Waals surface area contributed by atoms with Gasteiger partial charge < -0.3 is 20.7 Å². The van der Waals surface area contributed by atoms with Gasteiger partial charge in [0.25, 0.3) is 11.8 Å². The Labute approximate surface area is 171 Å². The van der Waals surface area contributed by atoms with Crippen LogP contribution in [0.15, 0.2) is 24.4 Å². The molecule has 154 valence electrons. The maximum Gasteiger partial charge on any atom is 0.262 e. The van der Waals surface area contributed by atoms with Crippen molar-refractivity contribution in [3.05, 3.63) is 46.9 Å². The molecule has 1 aliphatic rings. The van der Waals surface area contributed by atoms with Gasteiger partial charge in [-0.2, -0.15) is 5.26 Å². The molecule has 1 saturated carbocycles. The molecule has 3 N–H and O–H groups in total. The Morgan fingerprint density at radius 1 is 1.20 bits per heavy atom. The first-order valence-electron chi connectivity index (χ1n) is 9.00. The van der Waals surface area contributed by atoms with Crippen LogP contribution in [0.4, 0.5) is 15.9 Å². The molecule has 0 bridgehead atoms. The van der Waals surface area contributed by atoms with Crippen molar-refractivity contribution in [2.75, 3.05) is 24.8 Å². The topological polar surface area (TPSA) is 133 Å². The third-order valence-electron chi connectivity index (χ3n) is 4.45. The highest BCUT2D eigenvalue weighted by Gasteiger charge is 2.30.